The molecule has 0 bridgehead atoms. The lowest BCUT2D eigenvalue weighted by molar-refractivity contribution is -0.148. The third-order valence-electron chi connectivity index (χ3n) is 6.68. The number of hydrogen-bond acceptors (Lipinski definition) is 6. The Balaban J connectivity index is 2.10. The van der Waals surface area contributed by atoms with Gasteiger partial charge in [-0.25, -0.2) is 4.79 Å². The zero-order valence-corrected chi connectivity index (χ0v) is 24.6. The number of ether oxygens (including phenoxy) is 1. The third-order valence-corrected chi connectivity index (χ3v) is 6.68. The van der Waals surface area contributed by atoms with Gasteiger partial charge in [-0.3, -0.25) is 9.59 Å². The largest absolute Gasteiger partial charge is 0.508 e. The normalized spacial score (nSPS) is 15.4. The zero-order valence-electron chi connectivity index (χ0n) is 24.6. The number of hydrogen-bond donors (Lipinski definition) is 4. The first-order chi connectivity index (χ1) is 18.6. The number of nitrogens with one attached hydrogen (secondary N) is 2. The highest BCUT2D eigenvalue weighted by Crippen LogP contribution is 2.38. The second-order valence-electron chi connectivity index (χ2n) is 12.6. The summed E-state index contributed by atoms with van der Waals surface area (Å²) < 4.78 is 5.47. The van der Waals surface area contributed by atoms with Gasteiger partial charge in [-0.2, -0.15) is 0 Å². The van der Waals surface area contributed by atoms with E-state index in [1.54, 1.807) is 58.0 Å². The van der Waals surface area contributed by atoms with E-state index in [-0.39, 0.29) is 24.0 Å². The minimum Gasteiger partial charge on any atom is -0.508 e. The first-order valence-corrected chi connectivity index (χ1v) is 13.8. The molecule has 0 heterocycles. The van der Waals surface area contributed by atoms with Crippen LogP contribution in [0.2, 0.25) is 0 Å². The Hall–Kier alpha value is -3.75. The van der Waals surface area contributed by atoms with E-state index in [9.17, 15) is 24.6 Å². The molecular weight excluding hydrogens is 510 g/mol. The lowest BCUT2D eigenvalue weighted by atomic mass is 9.87. The summed E-state index contributed by atoms with van der Waals surface area (Å²) in [6, 6.07) is 9.07. The summed E-state index contributed by atoms with van der Waals surface area (Å²) in [5.74, 6) is -0.853. The number of carbonyl (C=O) groups is 3. The Bertz CT molecular complexity index is 1210. The average molecular weight is 554 g/mol. The van der Waals surface area contributed by atoms with Crippen molar-refractivity contribution in [2.24, 2.45) is 0 Å². The van der Waals surface area contributed by atoms with Crippen molar-refractivity contribution in [1.29, 1.82) is 0 Å². The highest BCUT2D eigenvalue weighted by molar-refractivity contribution is 5.93. The molecule has 218 valence electrons. The van der Waals surface area contributed by atoms with Crippen LogP contribution in [-0.4, -0.2) is 56.2 Å². The van der Waals surface area contributed by atoms with Crippen molar-refractivity contribution in [2.45, 2.75) is 103 Å². The van der Waals surface area contributed by atoms with Gasteiger partial charge < -0.3 is 30.5 Å². The van der Waals surface area contributed by atoms with Crippen LogP contribution in [0.1, 0.15) is 83.5 Å². The summed E-state index contributed by atoms with van der Waals surface area (Å²) in [5, 5.41) is 26.5. The van der Waals surface area contributed by atoms with Crippen molar-refractivity contribution in [3.05, 3.63) is 59.2 Å². The maximum absolute atomic E-state index is 14.5. The molecule has 2 unspecified atom stereocenters. The summed E-state index contributed by atoms with van der Waals surface area (Å²) >= 11 is 0. The van der Waals surface area contributed by atoms with E-state index in [2.05, 4.69) is 10.6 Å². The van der Waals surface area contributed by atoms with Crippen LogP contribution >= 0.6 is 0 Å². The van der Waals surface area contributed by atoms with Crippen molar-refractivity contribution < 1.29 is 29.3 Å². The number of amides is 3. The summed E-state index contributed by atoms with van der Waals surface area (Å²) in [6.07, 6.45) is 1.62. The van der Waals surface area contributed by atoms with Gasteiger partial charge in [0, 0.05) is 23.6 Å². The molecule has 40 heavy (non-hydrogen) atoms. The first-order valence-electron chi connectivity index (χ1n) is 13.8. The molecule has 0 aromatic heterocycles. The Morgan fingerprint density at radius 3 is 2.15 bits per heavy atom. The van der Waals surface area contributed by atoms with E-state index in [0.29, 0.717) is 29.5 Å². The molecule has 0 radical (unpaired) electrons. The highest BCUT2D eigenvalue weighted by Gasteiger charge is 2.43. The van der Waals surface area contributed by atoms with Gasteiger partial charge in [-0.05, 0) is 91.0 Å². The third kappa shape index (κ3) is 8.13. The second kappa shape index (κ2) is 12.2. The van der Waals surface area contributed by atoms with Gasteiger partial charge in [-0.1, -0.05) is 30.3 Å². The van der Waals surface area contributed by atoms with Crippen molar-refractivity contribution in [1.82, 2.24) is 15.5 Å². The predicted octanol–water partition coefficient (Wildman–Crippen LogP) is 4.88. The molecule has 2 aromatic rings. The molecule has 1 aliphatic carbocycles. The number of nitrogens with zero attached hydrogens (tertiary/aromatic N) is 1. The fourth-order valence-corrected chi connectivity index (χ4v) is 4.64. The van der Waals surface area contributed by atoms with Gasteiger partial charge in [-0.15, -0.1) is 0 Å². The standard InChI is InChI=1S/C31H43N3O6/c1-19-10-8-13-23(26(19)36)25(27(37)33-30(2,3)4)34(21-11-9-12-21)28(38)24(32-29(39)40-31(5,6)7)18-20-14-16-22(35)17-15-20/h8,10,13-17,21,24-25,35-36H,9,11-12,18H2,1-7H3,(H,32,39)(H,33,37). The molecule has 0 spiro atoms. The van der Waals surface area contributed by atoms with E-state index in [1.807, 2.05) is 20.8 Å². The summed E-state index contributed by atoms with van der Waals surface area (Å²) in [5.41, 5.74) is 0.229. The zero-order chi connectivity index (χ0) is 29.8. The number of aromatic hydroxyl groups is 2. The van der Waals surface area contributed by atoms with Gasteiger partial charge in [0.05, 0.1) is 0 Å². The van der Waals surface area contributed by atoms with Crippen LogP contribution < -0.4 is 10.6 Å². The Labute approximate surface area is 236 Å². The number of para-hydroxylation sites is 1. The Kier molecular flexibility index (Phi) is 9.38. The number of phenols is 2. The van der Waals surface area contributed by atoms with Crippen molar-refractivity contribution in [3.8, 4) is 11.5 Å². The molecule has 0 aliphatic heterocycles. The van der Waals surface area contributed by atoms with Crippen LogP contribution in [0.3, 0.4) is 0 Å². The van der Waals surface area contributed by atoms with Gasteiger partial charge in [0.1, 0.15) is 29.2 Å². The highest BCUT2D eigenvalue weighted by atomic mass is 16.6. The van der Waals surface area contributed by atoms with E-state index in [0.717, 1.165) is 6.42 Å². The Morgan fingerprint density at radius 2 is 1.62 bits per heavy atom. The van der Waals surface area contributed by atoms with Crippen LogP contribution in [0.25, 0.3) is 0 Å². The fraction of sp³-hybridized carbons (Fsp3) is 0.516. The Morgan fingerprint density at radius 1 is 1.00 bits per heavy atom. The van der Waals surface area contributed by atoms with Gasteiger partial charge in [0.25, 0.3) is 0 Å². The summed E-state index contributed by atoms with van der Waals surface area (Å²) in [6.45, 7) is 12.5. The SMILES string of the molecule is Cc1cccc(C(C(=O)NC(C)(C)C)N(C(=O)C(Cc2ccc(O)cc2)NC(=O)OC(C)(C)C)C2CCC2)c1O. The van der Waals surface area contributed by atoms with Gasteiger partial charge in [0.2, 0.25) is 11.8 Å². The number of carbonyl (C=O) groups excluding carboxylic acids is 3. The molecule has 9 nitrogen and oxygen atoms in total. The molecule has 4 N–H and O–H groups in total. The maximum Gasteiger partial charge on any atom is 0.408 e. The quantitative estimate of drug-likeness (QED) is 0.369. The topological polar surface area (TPSA) is 128 Å². The number of rotatable bonds is 8. The average Bonchev–Trinajstić information content (AvgIpc) is 2.78. The molecule has 9 heteroatoms. The van der Waals surface area contributed by atoms with Crippen molar-refractivity contribution in [3.63, 3.8) is 0 Å². The monoisotopic (exact) mass is 553 g/mol. The molecule has 1 fully saturated rings. The van der Waals surface area contributed by atoms with Crippen molar-refractivity contribution in [2.75, 3.05) is 0 Å². The number of alkyl carbamates (subject to hydrolysis) is 1. The molecule has 0 saturated heterocycles. The molecule has 3 rings (SSSR count). The van der Waals surface area contributed by atoms with Gasteiger partial charge in [0.15, 0.2) is 0 Å². The van der Waals surface area contributed by atoms with Crippen LogP contribution in [0.15, 0.2) is 42.5 Å². The van der Waals surface area contributed by atoms with Gasteiger partial charge >= 0.3 is 6.09 Å². The summed E-state index contributed by atoms with van der Waals surface area (Å²) in [7, 11) is 0. The summed E-state index contributed by atoms with van der Waals surface area (Å²) in [4.78, 5) is 42.8. The molecule has 1 saturated carbocycles. The smallest absolute Gasteiger partial charge is 0.408 e. The number of aryl methyl sites for hydroxylation is 1. The molecular formula is C31H43N3O6. The minimum absolute atomic E-state index is 0.0520. The van der Waals surface area contributed by atoms with Crippen LogP contribution in [0.5, 0.6) is 11.5 Å². The molecule has 2 atom stereocenters. The molecule has 3 amide bonds. The number of phenolic OH excluding ortho intramolecular Hbond substituents is 2. The molecule has 2 aromatic carbocycles. The maximum atomic E-state index is 14.5. The number of benzene rings is 2. The van der Waals surface area contributed by atoms with E-state index in [1.165, 1.54) is 17.0 Å². The van der Waals surface area contributed by atoms with Crippen molar-refractivity contribution >= 4 is 17.9 Å². The van der Waals surface area contributed by atoms with Crippen LogP contribution in [0.4, 0.5) is 4.79 Å². The van der Waals surface area contributed by atoms with E-state index < -0.39 is 41.1 Å². The van der Waals surface area contributed by atoms with Crippen LogP contribution in [0, 0.1) is 6.92 Å². The predicted molar refractivity (Wildman–Crippen MR) is 153 cm³/mol. The lowest BCUT2D eigenvalue weighted by Crippen LogP contribution is -2.59. The van der Waals surface area contributed by atoms with E-state index in [4.69, 9.17) is 4.74 Å². The second-order valence-corrected chi connectivity index (χ2v) is 12.6. The molecule has 1 aliphatic rings. The fourth-order valence-electron chi connectivity index (χ4n) is 4.64. The van der Waals surface area contributed by atoms with Crippen LogP contribution in [-0.2, 0) is 20.7 Å². The minimum atomic E-state index is -1.13. The first kappa shape index (κ1) is 30.8. The van der Waals surface area contributed by atoms with E-state index >= 15 is 0 Å². The lowest BCUT2D eigenvalue weighted by Gasteiger charge is -2.44.